The fourth-order valence-corrected chi connectivity index (χ4v) is 3.30. The molecule has 2 heterocycles. The van der Waals surface area contributed by atoms with E-state index in [4.69, 9.17) is 4.74 Å². The van der Waals surface area contributed by atoms with Crippen LogP contribution in [0, 0.1) is 5.92 Å². The molecule has 0 aromatic heterocycles. The van der Waals surface area contributed by atoms with Gasteiger partial charge < -0.3 is 4.74 Å². The van der Waals surface area contributed by atoms with Crippen molar-refractivity contribution in [3.63, 3.8) is 0 Å². The van der Waals surface area contributed by atoms with Gasteiger partial charge in [-0.1, -0.05) is 0 Å². The van der Waals surface area contributed by atoms with Crippen LogP contribution in [0.5, 0.6) is 0 Å². The van der Waals surface area contributed by atoms with E-state index in [2.05, 4.69) is 24.0 Å². The lowest BCUT2D eigenvalue weighted by Crippen LogP contribution is -2.30. The summed E-state index contributed by atoms with van der Waals surface area (Å²) in [7, 11) is 0. The van der Waals surface area contributed by atoms with Gasteiger partial charge in [0.05, 0.1) is 6.61 Å². The minimum absolute atomic E-state index is 0. The van der Waals surface area contributed by atoms with Gasteiger partial charge >= 0.3 is 0 Å². The maximum atomic E-state index is 5.65. The van der Waals surface area contributed by atoms with Crippen LogP contribution in [0.1, 0.15) is 26.2 Å². The van der Waals surface area contributed by atoms with Gasteiger partial charge in [0.15, 0.2) is 0 Å². The van der Waals surface area contributed by atoms with Crippen molar-refractivity contribution in [2.24, 2.45) is 5.92 Å². The van der Waals surface area contributed by atoms with Crippen LogP contribution >= 0.6 is 24.2 Å². The van der Waals surface area contributed by atoms with Gasteiger partial charge in [-0.25, -0.2) is 0 Å². The Balaban J connectivity index is 0.000000980. The highest BCUT2D eigenvalue weighted by atomic mass is 35.5. The lowest BCUT2D eigenvalue weighted by atomic mass is 9.98. The van der Waals surface area contributed by atoms with E-state index in [9.17, 15) is 0 Å². The van der Waals surface area contributed by atoms with Gasteiger partial charge in [0.25, 0.3) is 0 Å². The summed E-state index contributed by atoms with van der Waals surface area (Å²) in [6.07, 6.45) is 4.36. The van der Waals surface area contributed by atoms with Crippen molar-refractivity contribution in [1.82, 2.24) is 5.32 Å². The Morgan fingerprint density at radius 2 is 2.07 bits per heavy atom. The topological polar surface area (TPSA) is 21.3 Å². The zero-order valence-corrected chi connectivity index (χ0v) is 10.3. The number of nitrogens with one attached hydrogen (secondary N) is 1. The SMILES string of the molecule is CC1COC(CC2CCSCC2)N1.Cl. The molecule has 84 valence electrons. The fraction of sp³-hybridized carbons (Fsp3) is 1.00. The molecule has 0 aliphatic carbocycles. The number of rotatable bonds is 2. The van der Waals surface area contributed by atoms with Gasteiger partial charge in [0.1, 0.15) is 6.23 Å². The standard InChI is InChI=1S/C10H19NOS.ClH/c1-8-7-12-10(11-8)6-9-2-4-13-5-3-9;/h8-11H,2-7H2,1H3;1H. The van der Waals surface area contributed by atoms with E-state index in [0.717, 1.165) is 12.5 Å². The Kier molecular flexibility index (Phi) is 5.60. The molecule has 14 heavy (non-hydrogen) atoms. The van der Waals surface area contributed by atoms with Crippen LogP contribution in [-0.4, -0.2) is 30.4 Å². The minimum atomic E-state index is 0. The quantitative estimate of drug-likeness (QED) is 0.796. The molecule has 0 aromatic rings. The maximum Gasteiger partial charge on any atom is 0.108 e. The molecule has 0 amide bonds. The molecule has 2 saturated heterocycles. The first-order chi connectivity index (χ1) is 6.34. The van der Waals surface area contributed by atoms with E-state index in [-0.39, 0.29) is 12.4 Å². The second-order valence-electron chi connectivity index (χ2n) is 4.18. The first kappa shape index (κ1) is 12.6. The Hall–Kier alpha value is 0.560. The molecule has 2 rings (SSSR count). The number of hydrogen-bond acceptors (Lipinski definition) is 3. The monoisotopic (exact) mass is 237 g/mol. The molecule has 0 spiro atoms. The highest BCUT2D eigenvalue weighted by molar-refractivity contribution is 7.99. The van der Waals surface area contributed by atoms with Crippen molar-refractivity contribution < 1.29 is 4.74 Å². The Bertz CT molecular complexity index is 161. The van der Waals surface area contributed by atoms with Gasteiger partial charge in [-0.15, -0.1) is 12.4 Å². The van der Waals surface area contributed by atoms with Gasteiger partial charge in [0, 0.05) is 6.04 Å². The van der Waals surface area contributed by atoms with Crippen LogP contribution in [0.25, 0.3) is 0 Å². The molecule has 2 aliphatic heterocycles. The van der Waals surface area contributed by atoms with E-state index in [1.165, 1.54) is 30.8 Å². The second-order valence-corrected chi connectivity index (χ2v) is 5.41. The molecule has 0 radical (unpaired) electrons. The van der Waals surface area contributed by atoms with Gasteiger partial charge in [-0.3, -0.25) is 5.32 Å². The largest absolute Gasteiger partial charge is 0.362 e. The predicted molar refractivity (Wildman–Crippen MR) is 64.3 cm³/mol. The summed E-state index contributed by atoms with van der Waals surface area (Å²) in [6, 6.07) is 0.558. The number of hydrogen-bond donors (Lipinski definition) is 1. The molecule has 4 heteroatoms. The van der Waals surface area contributed by atoms with Crippen LogP contribution in [0.15, 0.2) is 0 Å². The summed E-state index contributed by atoms with van der Waals surface area (Å²) >= 11 is 2.10. The molecule has 0 saturated carbocycles. The average molecular weight is 238 g/mol. The Labute approximate surface area is 97.0 Å². The fourth-order valence-electron chi connectivity index (χ4n) is 2.09. The van der Waals surface area contributed by atoms with Gasteiger partial charge in [0.2, 0.25) is 0 Å². The Morgan fingerprint density at radius 3 is 2.64 bits per heavy atom. The van der Waals surface area contributed by atoms with E-state index in [0.29, 0.717) is 12.3 Å². The third-order valence-corrected chi connectivity index (χ3v) is 3.95. The van der Waals surface area contributed by atoms with Crippen molar-refractivity contribution in [2.75, 3.05) is 18.1 Å². The van der Waals surface area contributed by atoms with Crippen molar-refractivity contribution in [2.45, 2.75) is 38.5 Å². The molecule has 2 aliphatic rings. The molecule has 2 atom stereocenters. The number of ether oxygens (including phenoxy) is 1. The van der Waals surface area contributed by atoms with Crippen molar-refractivity contribution >= 4 is 24.2 Å². The van der Waals surface area contributed by atoms with E-state index >= 15 is 0 Å². The Morgan fingerprint density at radius 1 is 1.36 bits per heavy atom. The van der Waals surface area contributed by atoms with Crippen LogP contribution in [0.2, 0.25) is 0 Å². The highest BCUT2D eigenvalue weighted by Crippen LogP contribution is 2.27. The third-order valence-electron chi connectivity index (χ3n) is 2.91. The molecular formula is C10H20ClNOS. The smallest absolute Gasteiger partial charge is 0.108 e. The molecule has 2 fully saturated rings. The van der Waals surface area contributed by atoms with Crippen LogP contribution < -0.4 is 5.32 Å². The summed E-state index contributed by atoms with van der Waals surface area (Å²) in [5.74, 6) is 3.61. The molecule has 0 aromatic carbocycles. The van der Waals surface area contributed by atoms with Crippen LogP contribution in [-0.2, 0) is 4.74 Å². The second kappa shape index (κ2) is 6.21. The third kappa shape index (κ3) is 3.61. The molecule has 1 N–H and O–H groups in total. The van der Waals surface area contributed by atoms with E-state index in [1.54, 1.807) is 0 Å². The maximum absolute atomic E-state index is 5.65. The van der Waals surface area contributed by atoms with Gasteiger partial charge in [-0.2, -0.15) is 11.8 Å². The average Bonchev–Trinajstić information content (AvgIpc) is 2.53. The summed E-state index contributed by atoms with van der Waals surface area (Å²) in [5, 5.41) is 3.47. The molecule has 2 nitrogen and oxygen atoms in total. The zero-order valence-electron chi connectivity index (χ0n) is 8.70. The normalized spacial score (nSPS) is 34.1. The molecule has 2 unspecified atom stereocenters. The lowest BCUT2D eigenvalue weighted by molar-refractivity contribution is 0.0776. The number of thioether (sulfide) groups is 1. The van der Waals surface area contributed by atoms with E-state index < -0.39 is 0 Å². The van der Waals surface area contributed by atoms with Gasteiger partial charge in [-0.05, 0) is 43.6 Å². The lowest BCUT2D eigenvalue weighted by Gasteiger charge is -2.23. The summed E-state index contributed by atoms with van der Waals surface area (Å²) in [6.45, 7) is 3.09. The molecular weight excluding hydrogens is 218 g/mol. The van der Waals surface area contributed by atoms with E-state index in [1.807, 2.05) is 0 Å². The number of halogens is 1. The van der Waals surface area contributed by atoms with Crippen molar-refractivity contribution in [3.05, 3.63) is 0 Å². The highest BCUT2D eigenvalue weighted by Gasteiger charge is 2.24. The molecule has 0 bridgehead atoms. The predicted octanol–water partition coefficient (Wildman–Crippen LogP) is 2.28. The summed E-state index contributed by atoms with van der Waals surface area (Å²) in [5.41, 5.74) is 0. The first-order valence-corrected chi connectivity index (χ1v) is 6.45. The minimum Gasteiger partial charge on any atom is -0.362 e. The summed E-state index contributed by atoms with van der Waals surface area (Å²) in [4.78, 5) is 0. The van der Waals surface area contributed by atoms with Crippen molar-refractivity contribution in [1.29, 1.82) is 0 Å². The van der Waals surface area contributed by atoms with Crippen molar-refractivity contribution in [3.8, 4) is 0 Å². The zero-order chi connectivity index (χ0) is 9.10. The summed E-state index contributed by atoms with van der Waals surface area (Å²) < 4.78 is 5.65. The van der Waals surface area contributed by atoms with Crippen LogP contribution in [0.3, 0.4) is 0 Å². The first-order valence-electron chi connectivity index (χ1n) is 5.30. The van der Waals surface area contributed by atoms with Crippen LogP contribution in [0.4, 0.5) is 0 Å².